The third kappa shape index (κ3) is 5.00. The van der Waals surface area contributed by atoms with Crippen LogP contribution < -0.4 is 9.47 Å². The minimum absolute atomic E-state index is 0.0469. The lowest BCUT2D eigenvalue weighted by Gasteiger charge is -2.16. The maximum atomic E-state index is 12.5. The summed E-state index contributed by atoms with van der Waals surface area (Å²) in [5.41, 5.74) is 0.849. The fourth-order valence-electron chi connectivity index (χ4n) is 2.30. The number of rotatable bonds is 7. The standard InChI is InChI=1S/C19H21NO3S2/c1-5-9-23-15-8-7-14(10-16(15)22-6-2)11-17-18(21)20(12-13(3)4)19(24)25-17/h1,7-8,10-11,13H,6,9,12H2,2-4H3/b17-11-. The second-order valence-corrected chi connectivity index (χ2v) is 7.49. The third-order valence-corrected chi connectivity index (χ3v) is 4.68. The van der Waals surface area contributed by atoms with Crippen molar-refractivity contribution >= 4 is 40.3 Å². The van der Waals surface area contributed by atoms with Crippen molar-refractivity contribution < 1.29 is 14.3 Å². The van der Waals surface area contributed by atoms with Gasteiger partial charge in [0.05, 0.1) is 11.5 Å². The lowest BCUT2D eigenvalue weighted by molar-refractivity contribution is -0.122. The molecule has 0 radical (unpaired) electrons. The van der Waals surface area contributed by atoms with Gasteiger partial charge in [-0.1, -0.05) is 49.8 Å². The number of nitrogens with zero attached hydrogens (tertiary/aromatic N) is 1. The number of benzene rings is 1. The number of hydrogen-bond acceptors (Lipinski definition) is 5. The SMILES string of the molecule is C#CCOc1ccc(/C=C2\SC(=S)N(CC(C)C)C2=O)cc1OCC. The second-order valence-electron chi connectivity index (χ2n) is 5.82. The smallest absolute Gasteiger partial charge is 0.266 e. The molecule has 0 spiro atoms. The Balaban J connectivity index is 2.25. The van der Waals surface area contributed by atoms with E-state index in [1.165, 1.54) is 11.8 Å². The van der Waals surface area contributed by atoms with Gasteiger partial charge in [0.25, 0.3) is 5.91 Å². The van der Waals surface area contributed by atoms with E-state index in [1.54, 1.807) is 11.0 Å². The van der Waals surface area contributed by atoms with E-state index in [0.29, 0.717) is 39.8 Å². The van der Waals surface area contributed by atoms with E-state index >= 15 is 0 Å². The largest absolute Gasteiger partial charge is 0.490 e. The van der Waals surface area contributed by atoms with E-state index in [2.05, 4.69) is 19.8 Å². The number of thiocarbonyl (C=S) groups is 1. The van der Waals surface area contributed by atoms with Crippen LogP contribution in [0.4, 0.5) is 0 Å². The first kappa shape index (κ1) is 19.4. The minimum atomic E-state index is -0.0469. The highest BCUT2D eigenvalue weighted by molar-refractivity contribution is 8.26. The summed E-state index contributed by atoms with van der Waals surface area (Å²) in [5.74, 6) is 3.93. The summed E-state index contributed by atoms with van der Waals surface area (Å²) in [5, 5.41) is 0. The Morgan fingerprint density at radius 1 is 1.36 bits per heavy atom. The van der Waals surface area contributed by atoms with Crippen LogP contribution in [0.3, 0.4) is 0 Å². The first-order valence-corrected chi connectivity index (χ1v) is 9.27. The zero-order valence-corrected chi connectivity index (χ0v) is 16.2. The van der Waals surface area contributed by atoms with Crippen molar-refractivity contribution in [1.29, 1.82) is 0 Å². The number of hydrogen-bond donors (Lipinski definition) is 0. The molecule has 0 N–H and O–H groups in total. The maximum Gasteiger partial charge on any atom is 0.266 e. The molecule has 1 aromatic carbocycles. The molecule has 1 aliphatic rings. The lowest BCUT2D eigenvalue weighted by Crippen LogP contribution is -2.31. The van der Waals surface area contributed by atoms with Crippen molar-refractivity contribution in [3.63, 3.8) is 0 Å². The van der Waals surface area contributed by atoms with Crippen LogP contribution in [0.1, 0.15) is 26.3 Å². The Morgan fingerprint density at radius 3 is 2.76 bits per heavy atom. The maximum absolute atomic E-state index is 12.5. The fraction of sp³-hybridized carbons (Fsp3) is 0.368. The molecule has 0 aliphatic carbocycles. The first-order valence-electron chi connectivity index (χ1n) is 8.04. The summed E-state index contributed by atoms with van der Waals surface area (Å²) in [4.78, 5) is 14.8. The monoisotopic (exact) mass is 375 g/mol. The summed E-state index contributed by atoms with van der Waals surface area (Å²) < 4.78 is 11.7. The lowest BCUT2D eigenvalue weighted by atomic mass is 10.1. The Morgan fingerprint density at radius 2 is 2.12 bits per heavy atom. The number of thioether (sulfide) groups is 1. The van der Waals surface area contributed by atoms with Gasteiger partial charge >= 0.3 is 0 Å². The highest BCUT2D eigenvalue weighted by Gasteiger charge is 2.32. The Bertz CT molecular complexity index is 735. The van der Waals surface area contributed by atoms with E-state index in [4.69, 9.17) is 28.1 Å². The van der Waals surface area contributed by atoms with Crippen molar-refractivity contribution in [3.05, 3.63) is 28.7 Å². The predicted octanol–water partition coefficient (Wildman–Crippen LogP) is 3.95. The fourth-order valence-corrected chi connectivity index (χ4v) is 3.57. The molecule has 4 nitrogen and oxygen atoms in total. The summed E-state index contributed by atoms with van der Waals surface area (Å²) in [7, 11) is 0. The number of terminal acetylenes is 1. The molecule has 1 heterocycles. The Labute approximate surface area is 158 Å². The van der Waals surface area contributed by atoms with Crippen molar-refractivity contribution in [3.8, 4) is 23.8 Å². The summed E-state index contributed by atoms with van der Waals surface area (Å²) in [6, 6.07) is 5.50. The van der Waals surface area contributed by atoms with Crippen LogP contribution in [-0.2, 0) is 4.79 Å². The third-order valence-electron chi connectivity index (χ3n) is 3.30. The van der Waals surface area contributed by atoms with E-state index in [0.717, 1.165) is 5.56 Å². The van der Waals surface area contributed by atoms with Gasteiger partial charge in [-0.25, -0.2) is 0 Å². The molecule has 1 amide bonds. The quantitative estimate of drug-likeness (QED) is 0.410. The summed E-state index contributed by atoms with van der Waals surface area (Å²) in [6.45, 7) is 7.33. The van der Waals surface area contributed by atoms with Gasteiger partial charge in [-0.3, -0.25) is 9.69 Å². The molecule has 25 heavy (non-hydrogen) atoms. The van der Waals surface area contributed by atoms with Crippen LogP contribution in [-0.4, -0.2) is 34.9 Å². The van der Waals surface area contributed by atoms with Crippen LogP contribution >= 0.6 is 24.0 Å². The molecule has 0 aromatic heterocycles. The zero-order valence-electron chi connectivity index (χ0n) is 14.6. The van der Waals surface area contributed by atoms with Crippen LogP contribution in [0.5, 0.6) is 11.5 Å². The molecule has 1 fully saturated rings. The van der Waals surface area contributed by atoms with Crippen LogP contribution in [0.2, 0.25) is 0 Å². The van der Waals surface area contributed by atoms with Crippen molar-refractivity contribution in [2.45, 2.75) is 20.8 Å². The average molecular weight is 376 g/mol. The van der Waals surface area contributed by atoms with Crippen molar-refractivity contribution in [2.24, 2.45) is 5.92 Å². The predicted molar refractivity (Wildman–Crippen MR) is 107 cm³/mol. The second kappa shape index (κ2) is 8.93. The molecular formula is C19H21NO3S2. The highest BCUT2D eigenvalue weighted by Crippen LogP contribution is 2.35. The van der Waals surface area contributed by atoms with Gasteiger partial charge in [0.1, 0.15) is 10.9 Å². The minimum Gasteiger partial charge on any atom is -0.490 e. The van der Waals surface area contributed by atoms with Crippen LogP contribution in [0.25, 0.3) is 6.08 Å². The number of ether oxygens (including phenoxy) is 2. The van der Waals surface area contributed by atoms with Gasteiger partial charge in [0.2, 0.25) is 0 Å². The zero-order chi connectivity index (χ0) is 18.4. The Hall–Kier alpha value is -1.97. The molecule has 132 valence electrons. The number of amides is 1. The molecule has 1 saturated heterocycles. The summed E-state index contributed by atoms with van der Waals surface area (Å²) in [6.07, 6.45) is 7.06. The molecule has 1 aliphatic heterocycles. The molecular weight excluding hydrogens is 354 g/mol. The van der Waals surface area contributed by atoms with Gasteiger partial charge in [0.15, 0.2) is 11.5 Å². The molecule has 0 atom stereocenters. The Kier molecular flexibility index (Phi) is 6.91. The number of carbonyl (C=O) groups is 1. The molecule has 6 heteroatoms. The molecule has 1 aromatic rings. The van der Waals surface area contributed by atoms with Gasteiger partial charge in [-0.15, -0.1) is 6.42 Å². The number of carbonyl (C=O) groups excluding carboxylic acids is 1. The van der Waals surface area contributed by atoms with E-state index < -0.39 is 0 Å². The van der Waals surface area contributed by atoms with Gasteiger partial charge in [0, 0.05) is 6.54 Å². The van der Waals surface area contributed by atoms with Gasteiger partial charge in [-0.2, -0.15) is 0 Å². The van der Waals surface area contributed by atoms with Gasteiger partial charge < -0.3 is 9.47 Å². The average Bonchev–Trinajstić information content (AvgIpc) is 2.81. The molecule has 0 saturated carbocycles. The van der Waals surface area contributed by atoms with Crippen molar-refractivity contribution in [1.82, 2.24) is 4.90 Å². The van der Waals surface area contributed by atoms with E-state index in [9.17, 15) is 4.79 Å². The molecule has 2 rings (SSSR count). The topological polar surface area (TPSA) is 38.8 Å². The van der Waals surface area contributed by atoms with Gasteiger partial charge in [-0.05, 0) is 36.6 Å². The normalized spacial score (nSPS) is 15.8. The van der Waals surface area contributed by atoms with Crippen molar-refractivity contribution in [2.75, 3.05) is 19.8 Å². The highest BCUT2D eigenvalue weighted by atomic mass is 32.2. The molecule has 0 unspecified atom stereocenters. The van der Waals surface area contributed by atoms with E-state index in [-0.39, 0.29) is 12.5 Å². The van der Waals surface area contributed by atoms with Crippen LogP contribution in [0, 0.1) is 18.3 Å². The first-order chi connectivity index (χ1) is 12.0. The van der Waals surface area contributed by atoms with E-state index in [1.807, 2.05) is 25.1 Å². The molecule has 0 bridgehead atoms. The van der Waals surface area contributed by atoms with Crippen LogP contribution in [0.15, 0.2) is 23.1 Å². The summed E-state index contributed by atoms with van der Waals surface area (Å²) >= 11 is 6.66.